The Kier molecular flexibility index (Phi) is 6.15. The Balaban J connectivity index is 1.87. The van der Waals surface area contributed by atoms with Crippen molar-refractivity contribution in [3.05, 3.63) is 62.2 Å². The van der Waals surface area contributed by atoms with Gasteiger partial charge in [0.15, 0.2) is 6.61 Å². The molecule has 0 bridgehead atoms. The van der Waals surface area contributed by atoms with Crippen LogP contribution in [0.5, 0.6) is 5.75 Å². The molecule has 0 unspecified atom stereocenters. The summed E-state index contributed by atoms with van der Waals surface area (Å²) in [7, 11) is 0. The first kappa shape index (κ1) is 17.5. The van der Waals surface area contributed by atoms with E-state index in [0.717, 1.165) is 26.0 Å². The van der Waals surface area contributed by atoms with E-state index in [9.17, 15) is 4.79 Å². The zero-order valence-corrected chi connectivity index (χ0v) is 15.5. The molecule has 0 radical (unpaired) electrons. The normalized spacial score (nSPS) is 10.8. The largest absolute Gasteiger partial charge is 0.483 e. The zero-order chi connectivity index (χ0) is 16.8. The highest BCUT2D eigenvalue weighted by molar-refractivity contribution is 14.1. The van der Waals surface area contributed by atoms with Crippen LogP contribution in [0.2, 0.25) is 0 Å². The van der Waals surface area contributed by atoms with Crippen LogP contribution in [0, 0.1) is 24.3 Å². The van der Waals surface area contributed by atoms with Gasteiger partial charge in [-0.2, -0.15) is 5.10 Å². The van der Waals surface area contributed by atoms with Gasteiger partial charge in [-0.1, -0.05) is 29.8 Å². The molecule has 0 saturated heterocycles. The molecular weight excluding hydrogens is 403 g/mol. The van der Waals surface area contributed by atoms with Crippen molar-refractivity contribution in [2.24, 2.45) is 5.10 Å². The molecule has 0 aliphatic rings. The molecule has 4 nitrogen and oxygen atoms in total. The van der Waals surface area contributed by atoms with Crippen molar-refractivity contribution in [2.75, 3.05) is 6.61 Å². The summed E-state index contributed by atoms with van der Waals surface area (Å²) in [5.41, 5.74) is 6.62. The molecule has 2 aromatic rings. The molecule has 1 amide bonds. The first-order chi connectivity index (χ1) is 11.0. The van der Waals surface area contributed by atoms with Crippen molar-refractivity contribution in [2.45, 2.75) is 20.8 Å². The van der Waals surface area contributed by atoms with Crippen LogP contribution in [0.4, 0.5) is 0 Å². The average Bonchev–Trinajstić information content (AvgIpc) is 2.48. The van der Waals surface area contributed by atoms with Crippen LogP contribution < -0.4 is 10.2 Å². The lowest BCUT2D eigenvalue weighted by atomic mass is 10.1. The van der Waals surface area contributed by atoms with E-state index in [1.165, 1.54) is 5.56 Å². The van der Waals surface area contributed by atoms with Crippen LogP contribution in [-0.4, -0.2) is 18.7 Å². The lowest BCUT2D eigenvalue weighted by molar-refractivity contribution is -0.123. The van der Waals surface area contributed by atoms with Crippen LogP contribution in [0.15, 0.2) is 41.5 Å². The highest BCUT2D eigenvalue weighted by Gasteiger charge is 2.08. The van der Waals surface area contributed by atoms with Crippen molar-refractivity contribution in [1.29, 1.82) is 0 Å². The van der Waals surface area contributed by atoms with Crippen molar-refractivity contribution < 1.29 is 9.53 Å². The number of amides is 1. The molecule has 0 atom stereocenters. The Morgan fingerprint density at radius 1 is 1.17 bits per heavy atom. The molecular formula is C18H19IN2O2. The lowest BCUT2D eigenvalue weighted by Gasteiger charge is -2.11. The molecule has 2 aromatic carbocycles. The Morgan fingerprint density at radius 3 is 2.39 bits per heavy atom. The number of aryl methyl sites for hydroxylation is 3. The Labute approximate surface area is 150 Å². The summed E-state index contributed by atoms with van der Waals surface area (Å²) < 4.78 is 6.76. The topological polar surface area (TPSA) is 50.7 Å². The quantitative estimate of drug-likeness (QED) is 0.454. The van der Waals surface area contributed by atoms with E-state index in [4.69, 9.17) is 4.74 Å². The summed E-state index contributed by atoms with van der Waals surface area (Å²) >= 11 is 2.26. The van der Waals surface area contributed by atoms with Crippen LogP contribution in [0.25, 0.3) is 0 Å². The van der Waals surface area contributed by atoms with Crippen LogP contribution in [0.1, 0.15) is 22.3 Å². The van der Waals surface area contributed by atoms with Crippen molar-refractivity contribution in [1.82, 2.24) is 5.43 Å². The van der Waals surface area contributed by atoms with Gasteiger partial charge in [0.05, 0.1) is 6.21 Å². The minimum absolute atomic E-state index is 0.0620. The summed E-state index contributed by atoms with van der Waals surface area (Å²) in [6, 6.07) is 11.9. The van der Waals surface area contributed by atoms with E-state index in [-0.39, 0.29) is 12.5 Å². The molecule has 0 heterocycles. The van der Waals surface area contributed by atoms with Gasteiger partial charge in [0.2, 0.25) is 0 Å². The first-order valence-corrected chi connectivity index (χ1v) is 8.31. The number of carbonyl (C=O) groups excluding carboxylic acids is 1. The van der Waals surface area contributed by atoms with Gasteiger partial charge in [0.1, 0.15) is 5.75 Å². The van der Waals surface area contributed by atoms with Gasteiger partial charge in [0.25, 0.3) is 5.91 Å². The van der Waals surface area contributed by atoms with Crippen molar-refractivity contribution >= 4 is 34.7 Å². The van der Waals surface area contributed by atoms with Gasteiger partial charge >= 0.3 is 0 Å². The summed E-state index contributed by atoms with van der Waals surface area (Å²) in [5.74, 6) is 0.466. The SMILES string of the molecule is Cc1ccc(/C=N\NC(=O)COc2c(C)cc(I)cc2C)cc1. The second-order valence-electron chi connectivity index (χ2n) is 5.36. The smallest absolute Gasteiger partial charge is 0.277 e. The number of hydrazone groups is 1. The van der Waals surface area contributed by atoms with E-state index < -0.39 is 0 Å². The number of hydrogen-bond donors (Lipinski definition) is 1. The second-order valence-corrected chi connectivity index (χ2v) is 6.61. The van der Waals surface area contributed by atoms with Crippen LogP contribution in [-0.2, 0) is 4.79 Å². The van der Waals surface area contributed by atoms with Gasteiger partial charge in [-0.3, -0.25) is 4.79 Å². The third-order valence-corrected chi connectivity index (χ3v) is 3.88. The molecule has 0 aromatic heterocycles. The molecule has 0 saturated carbocycles. The van der Waals surface area contributed by atoms with Gasteiger partial charge in [-0.05, 0) is 72.2 Å². The number of benzene rings is 2. The zero-order valence-electron chi connectivity index (χ0n) is 13.4. The maximum absolute atomic E-state index is 11.8. The number of rotatable bonds is 5. The Bertz CT molecular complexity index is 701. The predicted molar refractivity (Wildman–Crippen MR) is 101 cm³/mol. The maximum Gasteiger partial charge on any atom is 0.277 e. The van der Waals surface area contributed by atoms with Crippen molar-refractivity contribution in [3.63, 3.8) is 0 Å². The molecule has 0 spiro atoms. The second kappa shape index (κ2) is 8.10. The molecule has 0 aliphatic carbocycles. The molecule has 1 N–H and O–H groups in total. The fraction of sp³-hybridized carbons (Fsp3) is 0.222. The Hall–Kier alpha value is -1.89. The number of hydrogen-bond acceptors (Lipinski definition) is 3. The summed E-state index contributed by atoms with van der Waals surface area (Å²) in [5, 5.41) is 3.94. The summed E-state index contributed by atoms with van der Waals surface area (Å²) in [6.45, 7) is 5.90. The molecule has 120 valence electrons. The van der Waals surface area contributed by atoms with E-state index in [1.807, 2.05) is 57.2 Å². The molecule has 0 fully saturated rings. The summed E-state index contributed by atoms with van der Waals surface area (Å²) in [6.07, 6.45) is 1.61. The number of nitrogens with zero attached hydrogens (tertiary/aromatic N) is 1. The van der Waals surface area contributed by atoms with E-state index in [0.29, 0.717) is 0 Å². The van der Waals surface area contributed by atoms with E-state index in [1.54, 1.807) is 6.21 Å². The van der Waals surface area contributed by atoms with Gasteiger partial charge in [0, 0.05) is 3.57 Å². The third kappa shape index (κ3) is 5.35. The predicted octanol–water partition coefficient (Wildman–Crippen LogP) is 3.75. The van der Waals surface area contributed by atoms with Crippen molar-refractivity contribution in [3.8, 4) is 5.75 Å². The summed E-state index contributed by atoms with van der Waals surface area (Å²) in [4.78, 5) is 11.8. The standard InChI is InChI=1S/C18H19IN2O2/c1-12-4-6-15(7-5-12)10-20-21-17(22)11-23-18-13(2)8-16(19)9-14(18)3/h4-10H,11H2,1-3H3,(H,21,22)/b20-10-. The average molecular weight is 422 g/mol. The van der Waals surface area contributed by atoms with E-state index in [2.05, 4.69) is 33.1 Å². The van der Waals surface area contributed by atoms with Gasteiger partial charge in [-0.15, -0.1) is 0 Å². The molecule has 5 heteroatoms. The fourth-order valence-corrected chi connectivity index (χ4v) is 3.06. The third-order valence-electron chi connectivity index (χ3n) is 3.25. The number of nitrogens with one attached hydrogen (secondary N) is 1. The number of ether oxygens (including phenoxy) is 1. The Morgan fingerprint density at radius 2 is 1.78 bits per heavy atom. The number of halogens is 1. The first-order valence-electron chi connectivity index (χ1n) is 7.24. The number of carbonyl (C=O) groups is 1. The molecule has 2 rings (SSSR count). The fourth-order valence-electron chi connectivity index (χ4n) is 2.13. The van der Waals surface area contributed by atoms with E-state index >= 15 is 0 Å². The highest BCUT2D eigenvalue weighted by Crippen LogP contribution is 2.25. The monoisotopic (exact) mass is 422 g/mol. The van der Waals surface area contributed by atoms with Gasteiger partial charge in [-0.25, -0.2) is 5.43 Å². The highest BCUT2D eigenvalue weighted by atomic mass is 127. The molecule has 23 heavy (non-hydrogen) atoms. The van der Waals surface area contributed by atoms with Gasteiger partial charge < -0.3 is 4.74 Å². The van der Waals surface area contributed by atoms with Crippen LogP contribution in [0.3, 0.4) is 0 Å². The van der Waals surface area contributed by atoms with Crippen LogP contribution >= 0.6 is 22.6 Å². The maximum atomic E-state index is 11.8. The lowest BCUT2D eigenvalue weighted by Crippen LogP contribution is -2.25. The molecule has 0 aliphatic heterocycles. The minimum Gasteiger partial charge on any atom is -0.483 e. The minimum atomic E-state index is -0.286.